The van der Waals surface area contributed by atoms with Gasteiger partial charge in [-0.1, -0.05) is 18.2 Å². The number of aldehydes is 1. The van der Waals surface area contributed by atoms with Crippen LogP contribution < -0.4 is 0 Å². The molecule has 0 fully saturated rings. The van der Waals surface area contributed by atoms with Gasteiger partial charge in [-0.3, -0.25) is 0 Å². The molecule has 1 heterocycles. The van der Waals surface area contributed by atoms with Crippen LogP contribution in [0.5, 0.6) is 5.75 Å². The molecule has 100 valence electrons. The molecule has 20 heavy (non-hydrogen) atoms. The van der Waals surface area contributed by atoms with Crippen LogP contribution in [0.15, 0.2) is 36.4 Å². The van der Waals surface area contributed by atoms with Crippen molar-refractivity contribution in [3.05, 3.63) is 47.5 Å². The van der Waals surface area contributed by atoms with Gasteiger partial charge in [0.1, 0.15) is 28.8 Å². The largest absolute Gasteiger partial charge is 0.505 e. The number of fused-ring (bicyclic) bond motifs is 1. The fraction of sp³-hybridized carbons (Fsp3) is 0.133. The zero-order valence-electron chi connectivity index (χ0n) is 10.9. The lowest BCUT2D eigenvalue weighted by atomic mass is 10.1. The topological polar surface area (TPSA) is 68.0 Å². The summed E-state index contributed by atoms with van der Waals surface area (Å²) in [5, 5.41) is 18.9. The molecule has 2 aromatic carbocycles. The maximum Gasteiger partial charge on any atom is 0.146 e. The summed E-state index contributed by atoms with van der Waals surface area (Å²) >= 11 is 0. The maximum atomic E-state index is 10.7. The lowest BCUT2D eigenvalue weighted by Crippen LogP contribution is -2.02. The molecular formula is C15H13N3O2. The van der Waals surface area contributed by atoms with Gasteiger partial charge in [-0.15, -0.1) is 15.0 Å². The SMILES string of the molecule is Cc1cc(CC=O)c(O)c(-n2nc3ccccc3n2)c1. The highest BCUT2D eigenvalue weighted by molar-refractivity contribution is 5.74. The van der Waals surface area contributed by atoms with Gasteiger partial charge in [0.2, 0.25) is 0 Å². The van der Waals surface area contributed by atoms with Crippen molar-refractivity contribution in [2.24, 2.45) is 0 Å². The van der Waals surface area contributed by atoms with Crippen LogP contribution in [-0.2, 0) is 11.2 Å². The number of phenolic OH excluding ortho intramolecular Hbond substituents is 1. The van der Waals surface area contributed by atoms with Gasteiger partial charge in [0.05, 0.1) is 0 Å². The van der Waals surface area contributed by atoms with Crippen molar-refractivity contribution in [1.29, 1.82) is 0 Å². The number of aromatic hydroxyl groups is 1. The Kier molecular flexibility index (Phi) is 2.95. The summed E-state index contributed by atoms with van der Waals surface area (Å²) in [5.41, 5.74) is 3.51. The number of phenols is 1. The van der Waals surface area contributed by atoms with Crippen LogP contribution in [-0.4, -0.2) is 26.4 Å². The molecule has 1 N–H and O–H groups in total. The number of hydrogen-bond donors (Lipinski definition) is 1. The Balaban J connectivity index is 2.20. The quantitative estimate of drug-likeness (QED) is 0.738. The van der Waals surface area contributed by atoms with Crippen molar-refractivity contribution in [3.63, 3.8) is 0 Å². The Bertz CT molecular complexity index is 760. The third-order valence-electron chi connectivity index (χ3n) is 3.12. The first-order chi connectivity index (χ1) is 9.69. The summed E-state index contributed by atoms with van der Waals surface area (Å²) in [6.45, 7) is 1.90. The summed E-state index contributed by atoms with van der Waals surface area (Å²) in [7, 11) is 0. The van der Waals surface area contributed by atoms with Crippen molar-refractivity contribution in [1.82, 2.24) is 15.0 Å². The Labute approximate surface area is 115 Å². The predicted octanol–water partition coefficient (Wildman–Crippen LogP) is 2.18. The highest BCUT2D eigenvalue weighted by Gasteiger charge is 2.13. The lowest BCUT2D eigenvalue weighted by Gasteiger charge is -2.08. The van der Waals surface area contributed by atoms with E-state index in [9.17, 15) is 9.90 Å². The molecule has 1 aromatic heterocycles. The fourth-order valence-electron chi connectivity index (χ4n) is 2.20. The molecular weight excluding hydrogens is 254 g/mol. The molecule has 0 aliphatic heterocycles. The summed E-state index contributed by atoms with van der Waals surface area (Å²) < 4.78 is 0. The fourth-order valence-corrected chi connectivity index (χ4v) is 2.20. The molecule has 0 aliphatic rings. The smallest absolute Gasteiger partial charge is 0.146 e. The summed E-state index contributed by atoms with van der Waals surface area (Å²) in [4.78, 5) is 12.1. The molecule has 5 nitrogen and oxygen atoms in total. The molecule has 3 aromatic rings. The minimum absolute atomic E-state index is 0.0445. The molecule has 0 saturated heterocycles. The number of nitrogens with zero attached hydrogens (tertiary/aromatic N) is 3. The van der Waals surface area contributed by atoms with E-state index in [1.165, 1.54) is 4.80 Å². The molecule has 0 bridgehead atoms. The monoisotopic (exact) mass is 267 g/mol. The van der Waals surface area contributed by atoms with Crippen LogP contribution in [0.25, 0.3) is 16.7 Å². The van der Waals surface area contributed by atoms with Crippen molar-refractivity contribution in [3.8, 4) is 11.4 Å². The molecule has 0 saturated carbocycles. The van der Waals surface area contributed by atoms with Gasteiger partial charge < -0.3 is 9.90 Å². The van der Waals surface area contributed by atoms with Crippen LogP contribution in [0.2, 0.25) is 0 Å². The third-order valence-corrected chi connectivity index (χ3v) is 3.12. The molecule has 0 unspecified atom stereocenters. The molecule has 0 radical (unpaired) electrons. The Morgan fingerprint density at radius 2 is 1.85 bits per heavy atom. The van der Waals surface area contributed by atoms with Crippen molar-refractivity contribution < 1.29 is 9.90 Å². The second kappa shape index (κ2) is 4.77. The molecule has 0 aliphatic carbocycles. The third kappa shape index (κ3) is 2.03. The van der Waals surface area contributed by atoms with Gasteiger partial charge in [0.25, 0.3) is 0 Å². The van der Waals surface area contributed by atoms with Gasteiger partial charge in [-0.25, -0.2) is 0 Å². The Morgan fingerprint density at radius 3 is 2.45 bits per heavy atom. The number of hydrogen-bond acceptors (Lipinski definition) is 4. The van der Waals surface area contributed by atoms with Gasteiger partial charge in [-0.05, 0) is 30.7 Å². The molecule has 3 rings (SSSR count). The first-order valence-electron chi connectivity index (χ1n) is 6.27. The Morgan fingerprint density at radius 1 is 1.20 bits per heavy atom. The van der Waals surface area contributed by atoms with Crippen LogP contribution in [0.4, 0.5) is 0 Å². The number of aromatic nitrogens is 3. The van der Waals surface area contributed by atoms with Gasteiger partial charge in [0.15, 0.2) is 0 Å². The highest BCUT2D eigenvalue weighted by atomic mass is 16.3. The minimum atomic E-state index is 0.0445. The van der Waals surface area contributed by atoms with E-state index in [2.05, 4.69) is 10.2 Å². The van der Waals surface area contributed by atoms with Crippen molar-refractivity contribution in [2.75, 3.05) is 0 Å². The Hall–Kier alpha value is -2.69. The summed E-state index contributed by atoms with van der Waals surface area (Å²) in [5.74, 6) is 0.0445. The summed E-state index contributed by atoms with van der Waals surface area (Å²) in [6.07, 6.45) is 0.937. The highest BCUT2D eigenvalue weighted by Crippen LogP contribution is 2.27. The molecule has 0 atom stereocenters. The first kappa shape index (κ1) is 12.3. The second-order valence-corrected chi connectivity index (χ2v) is 4.64. The number of aryl methyl sites for hydroxylation is 1. The van der Waals surface area contributed by atoms with Crippen LogP contribution in [0.1, 0.15) is 11.1 Å². The van der Waals surface area contributed by atoms with E-state index < -0.39 is 0 Å². The van der Waals surface area contributed by atoms with Crippen LogP contribution in [0, 0.1) is 6.92 Å². The summed E-state index contributed by atoms with van der Waals surface area (Å²) in [6, 6.07) is 11.1. The van der Waals surface area contributed by atoms with E-state index in [1.54, 1.807) is 12.1 Å². The van der Waals surface area contributed by atoms with E-state index >= 15 is 0 Å². The second-order valence-electron chi connectivity index (χ2n) is 4.64. The van der Waals surface area contributed by atoms with E-state index in [1.807, 2.05) is 31.2 Å². The lowest BCUT2D eigenvalue weighted by molar-refractivity contribution is -0.107. The van der Waals surface area contributed by atoms with Crippen LogP contribution in [0.3, 0.4) is 0 Å². The maximum absolute atomic E-state index is 10.7. The number of carbonyl (C=O) groups excluding carboxylic acids is 1. The normalized spacial score (nSPS) is 10.8. The minimum Gasteiger partial charge on any atom is -0.505 e. The van der Waals surface area contributed by atoms with Crippen molar-refractivity contribution in [2.45, 2.75) is 13.3 Å². The van der Waals surface area contributed by atoms with E-state index in [-0.39, 0.29) is 12.2 Å². The number of rotatable bonds is 3. The molecule has 5 heteroatoms. The van der Waals surface area contributed by atoms with E-state index in [4.69, 9.17) is 0 Å². The van der Waals surface area contributed by atoms with Gasteiger partial charge in [-0.2, -0.15) is 0 Å². The van der Waals surface area contributed by atoms with E-state index in [0.717, 1.165) is 22.9 Å². The van der Waals surface area contributed by atoms with Crippen LogP contribution >= 0.6 is 0 Å². The zero-order chi connectivity index (χ0) is 14.1. The van der Waals surface area contributed by atoms with Gasteiger partial charge >= 0.3 is 0 Å². The van der Waals surface area contributed by atoms with Gasteiger partial charge in [0, 0.05) is 12.0 Å². The number of benzene rings is 2. The van der Waals surface area contributed by atoms with E-state index in [0.29, 0.717) is 11.3 Å². The predicted molar refractivity (Wildman–Crippen MR) is 75.0 cm³/mol. The average molecular weight is 267 g/mol. The average Bonchev–Trinajstić information content (AvgIpc) is 2.86. The number of carbonyl (C=O) groups is 1. The van der Waals surface area contributed by atoms with Crippen molar-refractivity contribution >= 4 is 17.3 Å². The molecule has 0 spiro atoms. The zero-order valence-corrected chi connectivity index (χ0v) is 10.9. The standard InChI is InChI=1S/C15H13N3O2/c1-10-8-11(6-7-19)15(20)14(9-10)18-16-12-4-2-3-5-13(12)17-18/h2-5,7-9,20H,6H2,1H3. The molecule has 0 amide bonds. The first-order valence-corrected chi connectivity index (χ1v) is 6.27.